The van der Waals surface area contributed by atoms with E-state index in [4.69, 9.17) is 4.84 Å². The van der Waals surface area contributed by atoms with Gasteiger partial charge in [0.25, 0.3) is 0 Å². The van der Waals surface area contributed by atoms with Crippen LogP contribution >= 0.6 is 15.9 Å². The summed E-state index contributed by atoms with van der Waals surface area (Å²) in [6, 6.07) is 8.77. The van der Waals surface area contributed by atoms with E-state index in [2.05, 4.69) is 52.1 Å². The summed E-state index contributed by atoms with van der Waals surface area (Å²) >= 11 is 3.46. The van der Waals surface area contributed by atoms with Gasteiger partial charge in [-0.2, -0.15) is 0 Å². The summed E-state index contributed by atoms with van der Waals surface area (Å²) in [5.41, 5.74) is 5.70. The smallest absolute Gasteiger partial charge is 0.158 e. The zero-order chi connectivity index (χ0) is 19.6. The number of hydrogen-bond acceptors (Lipinski definition) is 3. The Hall–Kier alpha value is -2.21. The van der Waals surface area contributed by atoms with Crippen molar-refractivity contribution in [2.45, 2.75) is 33.3 Å². The molecule has 1 aliphatic rings. The third-order valence-electron chi connectivity index (χ3n) is 4.73. The van der Waals surface area contributed by atoms with Gasteiger partial charge in [-0.3, -0.25) is 0 Å². The lowest BCUT2D eigenvalue weighted by molar-refractivity contribution is 0.0852. The molecule has 2 aromatic carbocycles. The quantitative estimate of drug-likeness (QED) is 0.450. The van der Waals surface area contributed by atoms with Crippen LogP contribution in [0, 0.1) is 19.7 Å². The predicted molar refractivity (Wildman–Crippen MR) is 111 cm³/mol. The van der Waals surface area contributed by atoms with Crippen molar-refractivity contribution < 1.29 is 9.23 Å². The van der Waals surface area contributed by atoms with E-state index in [0.29, 0.717) is 6.42 Å². The second-order valence-electron chi connectivity index (χ2n) is 6.77. The molecule has 3 rings (SSSR count). The number of oxime groups is 1. The minimum absolute atomic E-state index is 0.176. The molecule has 27 heavy (non-hydrogen) atoms. The summed E-state index contributed by atoms with van der Waals surface area (Å²) in [6.45, 7) is 7.09. The normalized spacial score (nSPS) is 16.5. The van der Waals surface area contributed by atoms with Crippen LogP contribution in [0.1, 0.15) is 41.7 Å². The van der Waals surface area contributed by atoms with E-state index >= 15 is 0 Å². The topological polar surface area (TPSA) is 37.2 Å². The second kappa shape index (κ2) is 8.21. The molecule has 1 heterocycles. The SMILES string of the molecule is CCN(C)/C=N\c1cc(C)c(C2CC(c3cc(F)ccc3Br)=NO2)cc1C. The van der Waals surface area contributed by atoms with Crippen molar-refractivity contribution >= 4 is 33.7 Å². The van der Waals surface area contributed by atoms with Gasteiger partial charge in [-0.1, -0.05) is 21.1 Å². The first kappa shape index (κ1) is 19.5. The molecule has 6 heteroatoms. The molecule has 1 atom stereocenters. The van der Waals surface area contributed by atoms with E-state index in [1.807, 2.05) is 25.2 Å². The Morgan fingerprint density at radius 3 is 2.81 bits per heavy atom. The van der Waals surface area contributed by atoms with Crippen LogP contribution in [0.5, 0.6) is 0 Å². The average Bonchev–Trinajstić information content (AvgIpc) is 3.13. The van der Waals surface area contributed by atoms with E-state index in [1.54, 1.807) is 6.07 Å². The Labute approximate surface area is 167 Å². The van der Waals surface area contributed by atoms with Gasteiger partial charge in [0.2, 0.25) is 0 Å². The molecule has 4 nitrogen and oxygen atoms in total. The monoisotopic (exact) mass is 431 g/mol. The van der Waals surface area contributed by atoms with Crippen molar-refractivity contribution in [1.29, 1.82) is 0 Å². The molecule has 0 N–H and O–H groups in total. The summed E-state index contributed by atoms with van der Waals surface area (Å²) < 4.78 is 14.4. The Kier molecular flexibility index (Phi) is 5.95. The van der Waals surface area contributed by atoms with Crippen LogP contribution in [0.25, 0.3) is 0 Å². The summed E-state index contributed by atoms with van der Waals surface area (Å²) in [6.07, 6.45) is 2.27. The number of rotatable bonds is 5. The van der Waals surface area contributed by atoms with Crippen LogP contribution in [0.15, 0.2) is 45.0 Å². The van der Waals surface area contributed by atoms with E-state index in [1.165, 1.54) is 12.1 Å². The lowest BCUT2D eigenvalue weighted by atomic mass is 9.95. The van der Waals surface area contributed by atoms with Gasteiger partial charge in [0.15, 0.2) is 6.10 Å². The lowest BCUT2D eigenvalue weighted by Crippen LogP contribution is -2.14. The minimum Gasteiger partial charge on any atom is -0.387 e. The van der Waals surface area contributed by atoms with Crippen LogP contribution in [0.4, 0.5) is 10.1 Å². The van der Waals surface area contributed by atoms with Gasteiger partial charge >= 0.3 is 0 Å². The Balaban J connectivity index is 1.81. The van der Waals surface area contributed by atoms with E-state index in [-0.39, 0.29) is 11.9 Å². The fraction of sp³-hybridized carbons (Fsp3) is 0.333. The first-order valence-corrected chi connectivity index (χ1v) is 9.72. The molecule has 1 aliphatic heterocycles. The molecule has 0 aliphatic carbocycles. The summed E-state index contributed by atoms with van der Waals surface area (Å²) in [5.74, 6) is -0.286. The van der Waals surface area contributed by atoms with Crippen LogP contribution in [0.3, 0.4) is 0 Å². The molecule has 142 valence electrons. The summed E-state index contributed by atoms with van der Waals surface area (Å²) in [4.78, 5) is 12.3. The fourth-order valence-electron chi connectivity index (χ4n) is 2.97. The highest BCUT2D eigenvalue weighted by molar-refractivity contribution is 9.10. The van der Waals surface area contributed by atoms with E-state index < -0.39 is 0 Å². The summed E-state index contributed by atoms with van der Waals surface area (Å²) in [5, 5.41) is 4.21. The van der Waals surface area contributed by atoms with Crippen molar-refractivity contribution in [2.75, 3.05) is 13.6 Å². The van der Waals surface area contributed by atoms with Gasteiger partial charge < -0.3 is 9.74 Å². The molecule has 0 fully saturated rings. The fourth-order valence-corrected chi connectivity index (χ4v) is 3.45. The Bertz CT molecular complexity index is 911. The van der Waals surface area contributed by atoms with Crippen molar-refractivity contribution in [3.05, 3.63) is 62.9 Å². The molecule has 0 saturated carbocycles. The molecular weight excluding hydrogens is 409 g/mol. The number of nitrogens with zero attached hydrogens (tertiary/aromatic N) is 3. The Morgan fingerprint density at radius 2 is 2.07 bits per heavy atom. The zero-order valence-electron chi connectivity index (χ0n) is 16.0. The second-order valence-corrected chi connectivity index (χ2v) is 7.63. The van der Waals surface area contributed by atoms with Crippen LogP contribution < -0.4 is 0 Å². The molecule has 1 unspecified atom stereocenters. The third-order valence-corrected chi connectivity index (χ3v) is 5.42. The number of hydrogen-bond donors (Lipinski definition) is 0. The Morgan fingerprint density at radius 1 is 1.30 bits per heavy atom. The number of benzene rings is 2. The highest BCUT2D eigenvalue weighted by Gasteiger charge is 2.27. The predicted octanol–water partition coefficient (Wildman–Crippen LogP) is 5.68. The van der Waals surface area contributed by atoms with Crippen molar-refractivity contribution in [1.82, 2.24) is 4.90 Å². The van der Waals surface area contributed by atoms with Gasteiger partial charge in [0, 0.05) is 30.0 Å². The molecule has 0 radical (unpaired) electrons. The molecule has 0 amide bonds. The summed E-state index contributed by atoms with van der Waals surface area (Å²) in [7, 11) is 2.00. The average molecular weight is 432 g/mol. The number of aliphatic imine (C=N–C) groups is 1. The molecule has 0 spiro atoms. The third kappa shape index (κ3) is 4.38. The largest absolute Gasteiger partial charge is 0.387 e. The van der Waals surface area contributed by atoms with Gasteiger partial charge in [-0.15, -0.1) is 0 Å². The van der Waals surface area contributed by atoms with Crippen LogP contribution in [-0.2, 0) is 4.84 Å². The first-order valence-electron chi connectivity index (χ1n) is 8.92. The van der Waals surface area contributed by atoms with E-state index in [0.717, 1.165) is 44.7 Å². The molecule has 0 saturated heterocycles. The molecule has 2 aromatic rings. The zero-order valence-corrected chi connectivity index (χ0v) is 17.5. The maximum absolute atomic E-state index is 13.6. The number of aryl methyl sites for hydroxylation is 2. The maximum Gasteiger partial charge on any atom is 0.158 e. The van der Waals surface area contributed by atoms with Gasteiger partial charge in [0.1, 0.15) is 5.82 Å². The number of halogens is 2. The van der Waals surface area contributed by atoms with Gasteiger partial charge in [-0.05, 0) is 67.8 Å². The highest BCUT2D eigenvalue weighted by Crippen LogP contribution is 2.35. The van der Waals surface area contributed by atoms with E-state index in [9.17, 15) is 4.39 Å². The maximum atomic E-state index is 13.6. The van der Waals surface area contributed by atoms with Crippen molar-refractivity contribution in [3.8, 4) is 0 Å². The van der Waals surface area contributed by atoms with Crippen molar-refractivity contribution in [2.24, 2.45) is 10.1 Å². The molecular formula is C21H23BrFN3O. The minimum atomic E-state index is -0.286. The van der Waals surface area contributed by atoms with Crippen LogP contribution in [-0.4, -0.2) is 30.5 Å². The standard InChI is InChI=1S/C21H23BrFN3O/c1-5-26(4)12-24-19-9-13(2)16(8-14(19)3)21-11-20(25-27-21)17-10-15(23)6-7-18(17)22/h6-10,12,21H,5,11H2,1-4H3/b24-12-. The molecule has 0 aromatic heterocycles. The highest BCUT2D eigenvalue weighted by atomic mass is 79.9. The van der Waals surface area contributed by atoms with Gasteiger partial charge in [-0.25, -0.2) is 9.38 Å². The molecule has 0 bridgehead atoms. The lowest BCUT2D eigenvalue weighted by Gasteiger charge is -2.15. The van der Waals surface area contributed by atoms with Crippen LogP contribution in [0.2, 0.25) is 0 Å². The van der Waals surface area contributed by atoms with Crippen molar-refractivity contribution in [3.63, 3.8) is 0 Å². The van der Waals surface area contributed by atoms with Gasteiger partial charge in [0.05, 0.1) is 17.7 Å². The first-order chi connectivity index (χ1) is 12.9.